The van der Waals surface area contributed by atoms with Gasteiger partial charge in [0.2, 0.25) is 11.8 Å². The Morgan fingerprint density at radius 1 is 1.07 bits per heavy atom. The second-order valence-electron chi connectivity index (χ2n) is 12.2. The van der Waals surface area contributed by atoms with Crippen LogP contribution in [0.3, 0.4) is 0 Å². The Kier molecular flexibility index (Phi) is 9.52. The summed E-state index contributed by atoms with van der Waals surface area (Å²) in [4.78, 5) is 27.9. The summed E-state index contributed by atoms with van der Waals surface area (Å²) in [5.74, 6) is 1.15. The Morgan fingerprint density at radius 2 is 1.87 bits per heavy atom. The van der Waals surface area contributed by atoms with Gasteiger partial charge in [-0.15, -0.1) is 0 Å². The number of fused-ring (bicyclic) bond motifs is 1. The molecule has 1 saturated heterocycles. The number of carbonyl (C=O) groups is 1. The number of aryl methyl sites for hydroxylation is 1. The van der Waals surface area contributed by atoms with Gasteiger partial charge in [-0.25, -0.2) is 19.7 Å². The molecule has 2 atom stereocenters. The Labute approximate surface area is 265 Å². The van der Waals surface area contributed by atoms with E-state index in [9.17, 15) is 23.1 Å². The summed E-state index contributed by atoms with van der Waals surface area (Å²) in [5.41, 5.74) is 1.79. The van der Waals surface area contributed by atoms with Crippen LogP contribution in [-0.2, 0) is 4.74 Å². The maximum absolute atomic E-state index is 12.9. The Hall–Kier alpha value is -4.65. The predicted octanol–water partition coefficient (Wildman–Crippen LogP) is 6.94. The second-order valence-corrected chi connectivity index (χ2v) is 12.2. The number of carbonyl (C=O) groups excluding carboxylic acids is 1. The normalized spacial score (nSPS) is 16.2. The molecule has 0 spiro atoms. The lowest BCUT2D eigenvalue weighted by Gasteiger charge is -2.34. The number of halogens is 3. The average Bonchev–Trinajstić information content (AvgIpc) is 3.00. The van der Waals surface area contributed by atoms with E-state index in [1.165, 1.54) is 0 Å². The monoisotopic (exact) mass is 638 g/mol. The molecule has 13 heteroatoms. The van der Waals surface area contributed by atoms with Gasteiger partial charge in [0.25, 0.3) is 0 Å². The van der Waals surface area contributed by atoms with E-state index < -0.39 is 24.4 Å². The Balaban J connectivity index is 1.37. The first-order chi connectivity index (χ1) is 21.8. The Morgan fingerprint density at radius 3 is 2.63 bits per heavy atom. The molecule has 0 saturated carbocycles. The van der Waals surface area contributed by atoms with Crippen molar-refractivity contribution in [3.8, 4) is 22.9 Å². The molecule has 244 valence electrons. The number of aliphatic hydroxyl groups is 1. The van der Waals surface area contributed by atoms with Crippen molar-refractivity contribution in [2.75, 3.05) is 30.3 Å². The molecule has 46 heavy (non-hydrogen) atoms. The molecule has 3 heterocycles. The molecular weight excluding hydrogens is 601 g/mol. The SMILES string of the molecule is Cc1ccc2c(NCC(O)C(F)(F)F)cccc2c1Oc1ncccc1-c1ccnc(N[C@H]2CCCN(C(=O)OC(C)(C)C)C2)n1. The lowest BCUT2D eigenvalue weighted by molar-refractivity contribution is -0.198. The highest BCUT2D eigenvalue weighted by molar-refractivity contribution is 5.98. The number of pyridine rings is 1. The quantitative estimate of drug-likeness (QED) is 0.188. The number of hydrogen-bond donors (Lipinski definition) is 3. The van der Waals surface area contributed by atoms with Crippen molar-refractivity contribution in [3.63, 3.8) is 0 Å². The van der Waals surface area contributed by atoms with E-state index in [0.717, 1.165) is 18.4 Å². The molecule has 1 fully saturated rings. The number of aliphatic hydroxyl groups excluding tert-OH is 1. The molecule has 10 nitrogen and oxygen atoms in total. The molecule has 2 aromatic heterocycles. The molecule has 1 unspecified atom stereocenters. The van der Waals surface area contributed by atoms with Gasteiger partial charge in [0, 0.05) is 54.5 Å². The minimum atomic E-state index is -4.73. The largest absolute Gasteiger partial charge is 0.444 e. The summed E-state index contributed by atoms with van der Waals surface area (Å²) in [6.07, 6.45) is -2.72. The summed E-state index contributed by atoms with van der Waals surface area (Å²) in [7, 11) is 0. The number of anilines is 2. The van der Waals surface area contributed by atoms with Crippen molar-refractivity contribution >= 4 is 28.5 Å². The number of nitrogens with zero attached hydrogens (tertiary/aromatic N) is 4. The van der Waals surface area contributed by atoms with Crippen LogP contribution in [0, 0.1) is 6.92 Å². The minimum absolute atomic E-state index is 0.0699. The summed E-state index contributed by atoms with van der Waals surface area (Å²) in [6.45, 7) is 7.76. The third kappa shape index (κ3) is 7.94. The van der Waals surface area contributed by atoms with Crippen LogP contribution in [0.15, 0.2) is 60.9 Å². The molecular formula is C33H37F3N6O4. The zero-order chi connectivity index (χ0) is 33.1. The summed E-state index contributed by atoms with van der Waals surface area (Å²) in [5, 5.41) is 16.8. The molecule has 4 aromatic rings. The number of amides is 1. The molecule has 0 aliphatic carbocycles. The standard InChI is InChI=1S/C33H37F3N6O4/c1-20-12-13-22-23(9-5-11-25(22)39-18-27(43)33(34,35)36)28(20)45-29-24(10-6-15-37-29)26-14-16-38-30(41-26)40-21-8-7-17-42(19-21)31(44)46-32(2,3)4/h5-6,9-16,21,27,39,43H,7-8,17-19H2,1-4H3,(H,38,40,41)/t21-,27?/m0/s1. The van der Waals surface area contributed by atoms with Crippen LogP contribution in [-0.4, -0.2) is 74.6 Å². The number of rotatable bonds is 8. The van der Waals surface area contributed by atoms with Crippen molar-refractivity contribution < 1.29 is 32.5 Å². The third-order valence-corrected chi connectivity index (χ3v) is 7.38. The number of aromatic nitrogens is 3. The molecule has 2 aromatic carbocycles. The first-order valence-electron chi connectivity index (χ1n) is 15.0. The van der Waals surface area contributed by atoms with Gasteiger partial charge in [-0.2, -0.15) is 13.2 Å². The zero-order valence-corrected chi connectivity index (χ0v) is 26.1. The lowest BCUT2D eigenvalue weighted by atomic mass is 10.0. The number of nitrogens with one attached hydrogen (secondary N) is 2. The summed E-state index contributed by atoms with van der Waals surface area (Å²) < 4.78 is 50.6. The van der Waals surface area contributed by atoms with E-state index in [4.69, 9.17) is 14.5 Å². The number of piperidine rings is 1. The van der Waals surface area contributed by atoms with Gasteiger partial charge in [-0.1, -0.05) is 24.3 Å². The maximum Gasteiger partial charge on any atom is 0.416 e. The van der Waals surface area contributed by atoms with Gasteiger partial charge in [0.1, 0.15) is 11.4 Å². The van der Waals surface area contributed by atoms with Gasteiger partial charge in [-0.3, -0.25) is 0 Å². The number of likely N-dealkylation sites (tertiary alicyclic amines) is 1. The Bertz CT molecular complexity index is 1690. The minimum Gasteiger partial charge on any atom is -0.444 e. The number of benzene rings is 2. The molecule has 5 rings (SSSR count). The molecule has 0 bridgehead atoms. The van der Waals surface area contributed by atoms with Gasteiger partial charge >= 0.3 is 12.3 Å². The predicted molar refractivity (Wildman–Crippen MR) is 169 cm³/mol. The molecule has 1 aliphatic heterocycles. The third-order valence-electron chi connectivity index (χ3n) is 7.38. The van der Waals surface area contributed by atoms with Crippen molar-refractivity contribution in [1.82, 2.24) is 19.9 Å². The smallest absolute Gasteiger partial charge is 0.416 e. The average molecular weight is 639 g/mol. The first kappa shape index (κ1) is 32.7. The topological polar surface area (TPSA) is 122 Å². The fourth-order valence-corrected chi connectivity index (χ4v) is 5.16. The van der Waals surface area contributed by atoms with Crippen LogP contribution in [0.2, 0.25) is 0 Å². The van der Waals surface area contributed by atoms with E-state index in [2.05, 4.69) is 20.6 Å². The van der Waals surface area contributed by atoms with Gasteiger partial charge in [0.05, 0.1) is 11.3 Å². The number of hydrogen-bond acceptors (Lipinski definition) is 9. The van der Waals surface area contributed by atoms with Crippen molar-refractivity contribution in [2.45, 2.75) is 64.5 Å². The van der Waals surface area contributed by atoms with E-state index in [1.54, 1.807) is 47.6 Å². The molecule has 3 N–H and O–H groups in total. The molecule has 1 aliphatic rings. The number of alkyl halides is 3. The van der Waals surface area contributed by atoms with Crippen LogP contribution in [0.1, 0.15) is 39.2 Å². The van der Waals surface area contributed by atoms with Crippen LogP contribution in [0.25, 0.3) is 22.0 Å². The fraction of sp³-hybridized carbons (Fsp3) is 0.394. The zero-order valence-electron chi connectivity index (χ0n) is 26.1. The van der Waals surface area contributed by atoms with Gasteiger partial charge in [0.15, 0.2) is 6.10 Å². The fourth-order valence-electron chi connectivity index (χ4n) is 5.16. The van der Waals surface area contributed by atoms with Crippen LogP contribution >= 0.6 is 0 Å². The van der Waals surface area contributed by atoms with Crippen LogP contribution in [0.4, 0.5) is 29.6 Å². The molecule has 0 radical (unpaired) electrons. The van der Waals surface area contributed by atoms with E-state index in [1.807, 2.05) is 45.9 Å². The van der Waals surface area contributed by atoms with E-state index in [-0.39, 0.29) is 18.0 Å². The summed E-state index contributed by atoms with van der Waals surface area (Å²) in [6, 6.07) is 14.0. The highest BCUT2D eigenvalue weighted by atomic mass is 19.4. The highest BCUT2D eigenvalue weighted by Gasteiger charge is 2.38. The van der Waals surface area contributed by atoms with Gasteiger partial charge in [-0.05, 0) is 70.4 Å². The van der Waals surface area contributed by atoms with Crippen LogP contribution in [0.5, 0.6) is 11.6 Å². The number of ether oxygens (including phenoxy) is 2. The summed E-state index contributed by atoms with van der Waals surface area (Å²) >= 11 is 0. The van der Waals surface area contributed by atoms with E-state index >= 15 is 0 Å². The van der Waals surface area contributed by atoms with Crippen LogP contribution < -0.4 is 15.4 Å². The van der Waals surface area contributed by atoms with Crippen molar-refractivity contribution in [3.05, 3.63) is 66.5 Å². The lowest BCUT2D eigenvalue weighted by Crippen LogP contribution is -2.47. The van der Waals surface area contributed by atoms with Crippen molar-refractivity contribution in [2.24, 2.45) is 0 Å². The first-order valence-corrected chi connectivity index (χ1v) is 15.0. The maximum atomic E-state index is 12.9. The van der Waals surface area contributed by atoms with Crippen molar-refractivity contribution in [1.29, 1.82) is 0 Å². The van der Waals surface area contributed by atoms with E-state index in [0.29, 0.717) is 52.5 Å². The second kappa shape index (κ2) is 13.4. The molecule has 1 amide bonds. The van der Waals surface area contributed by atoms with Gasteiger partial charge < -0.3 is 30.1 Å². The highest BCUT2D eigenvalue weighted by Crippen LogP contribution is 2.39.